The Labute approximate surface area is 183 Å². The fourth-order valence-electron chi connectivity index (χ4n) is 3.79. The van der Waals surface area contributed by atoms with Gasteiger partial charge in [0.25, 0.3) is 5.91 Å². The van der Waals surface area contributed by atoms with Crippen molar-refractivity contribution in [1.82, 2.24) is 25.0 Å². The van der Waals surface area contributed by atoms with Crippen molar-refractivity contribution in [2.24, 2.45) is 0 Å². The number of amides is 1. The quantitative estimate of drug-likeness (QED) is 0.618. The van der Waals surface area contributed by atoms with Crippen molar-refractivity contribution in [3.05, 3.63) is 42.3 Å². The van der Waals surface area contributed by atoms with Crippen molar-refractivity contribution in [2.75, 3.05) is 30.4 Å². The normalized spacial score (nSPS) is 23.5. The predicted octanol–water partition coefficient (Wildman–Crippen LogP) is 2.16. The number of nitrogens with one attached hydrogen (secondary N) is 1. The van der Waals surface area contributed by atoms with E-state index in [1.807, 2.05) is 30.0 Å². The average Bonchev–Trinajstić information content (AvgIpc) is 3.54. The summed E-state index contributed by atoms with van der Waals surface area (Å²) >= 11 is 1.92. The number of carbonyl (C=O) groups excluding carboxylic acids is 1. The molecule has 2 unspecified atom stereocenters. The SMILES string of the molecule is CN1CCC(O)(c2cc(-c3cccc(-c4ccnc(NC5CCSC5)n4)n3)no2)C1=O. The number of anilines is 1. The summed E-state index contributed by atoms with van der Waals surface area (Å²) in [4.78, 5) is 27.4. The Kier molecular flexibility index (Phi) is 5.11. The smallest absolute Gasteiger partial charge is 0.262 e. The summed E-state index contributed by atoms with van der Waals surface area (Å²) < 4.78 is 5.34. The highest BCUT2D eigenvalue weighted by Crippen LogP contribution is 2.34. The summed E-state index contributed by atoms with van der Waals surface area (Å²) in [5.41, 5.74) is 0.699. The number of hydrogen-bond acceptors (Lipinski definition) is 9. The number of hydrogen-bond donors (Lipinski definition) is 2. The minimum Gasteiger partial charge on any atom is -0.373 e. The predicted molar refractivity (Wildman–Crippen MR) is 116 cm³/mol. The van der Waals surface area contributed by atoms with Crippen molar-refractivity contribution >= 4 is 23.6 Å². The van der Waals surface area contributed by atoms with Crippen molar-refractivity contribution in [1.29, 1.82) is 0 Å². The van der Waals surface area contributed by atoms with Gasteiger partial charge in [-0.05, 0) is 30.4 Å². The third-order valence-corrected chi connectivity index (χ3v) is 6.78. The first-order chi connectivity index (χ1) is 15.0. The van der Waals surface area contributed by atoms with Gasteiger partial charge in [-0.2, -0.15) is 11.8 Å². The molecule has 0 bridgehead atoms. The van der Waals surface area contributed by atoms with E-state index in [1.54, 1.807) is 25.4 Å². The van der Waals surface area contributed by atoms with Gasteiger partial charge in [-0.1, -0.05) is 11.2 Å². The third kappa shape index (κ3) is 3.77. The second kappa shape index (κ2) is 7.93. The molecule has 2 aliphatic heterocycles. The zero-order valence-electron chi connectivity index (χ0n) is 17.0. The number of likely N-dealkylation sites (N-methyl/N-ethyl adjacent to an activating group) is 1. The van der Waals surface area contributed by atoms with E-state index in [1.165, 1.54) is 4.90 Å². The summed E-state index contributed by atoms with van der Waals surface area (Å²) in [5.74, 6) is 2.54. The molecule has 2 fully saturated rings. The van der Waals surface area contributed by atoms with E-state index < -0.39 is 11.5 Å². The lowest BCUT2D eigenvalue weighted by atomic mass is 9.98. The van der Waals surface area contributed by atoms with Crippen LogP contribution in [-0.2, 0) is 10.4 Å². The van der Waals surface area contributed by atoms with Gasteiger partial charge in [0, 0.05) is 44.1 Å². The number of carbonyl (C=O) groups is 1. The first kappa shape index (κ1) is 20.0. The zero-order chi connectivity index (χ0) is 21.4. The molecule has 3 aromatic heterocycles. The first-order valence-corrected chi connectivity index (χ1v) is 11.3. The molecule has 0 aromatic carbocycles. The monoisotopic (exact) mass is 438 g/mol. The number of rotatable bonds is 5. The molecule has 2 N–H and O–H groups in total. The summed E-state index contributed by atoms with van der Waals surface area (Å²) in [6.45, 7) is 0.461. The van der Waals surface area contributed by atoms with Gasteiger partial charge in [0.05, 0.1) is 17.1 Å². The Hall–Kier alpha value is -2.98. The van der Waals surface area contributed by atoms with Crippen LogP contribution in [0.25, 0.3) is 22.8 Å². The number of likely N-dealkylation sites (tertiary alicyclic amines) is 1. The second-order valence-electron chi connectivity index (χ2n) is 7.79. The highest BCUT2D eigenvalue weighted by atomic mass is 32.2. The van der Waals surface area contributed by atoms with E-state index in [0.29, 0.717) is 41.3 Å². The van der Waals surface area contributed by atoms with E-state index in [0.717, 1.165) is 17.9 Å². The molecule has 2 aliphatic rings. The fraction of sp³-hybridized carbons (Fsp3) is 0.381. The molecule has 10 heteroatoms. The topological polar surface area (TPSA) is 117 Å². The molecule has 1 amide bonds. The van der Waals surface area contributed by atoms with Crippen LogP contribution in [0.3, 0.4) is 0 Å². The maximum atomic E-state index is 12.3. The van der Waals surface area contributed by atoms with Crippen LogP contribution in [0.15, 0.2) is 41.1 Å². The van der Waals surface area contributed by atoms with E-state index >= 15 is 0 Å². The zero-order valence-corrected chi connectivity index (χ0v) is 17.8. The second-order valence-corrected chi connectivity index (χ2v) is 8.94. The van der Waals surface area contributed by atoms with E-state index in [-0.39, 0.29) is 12.2 Å². The molecule has 160 valence electrons. The minimum atomic E-state index is -1.68. The van der Waals surface area contributed by atoms with Crippen LogP contribution in [0.5, 0.6) is 0 Å². The van der Waals surface area contributed by atoms with Crippen molar-refractivity contribution in [2.45, 2.75) is 24.5 Å². The van der Waals surface area contributed by atoms with Crippen molar-refractivity contribution in [3.63, 3.8) is 0 Å². The molecule has 2 atom stereocenters. The Balaban J connectivity index is 1.40. The highest BCUT2D eigenvalue weighted by molar-refractivity contribution is 7.99. The number of thioether (sulfide) groups is 1. The van der Waals surface area contributed by atoms with Gasteiger partial charge < -0.3 is 19.8 Å². The third-order valence-electron chi connectivity index (χ3n) is 5.62. The van der Waals surface area contributed by atoms with Gasteiger partial charge in [0.1, 0.15) is 5.69 Å². The van der Waals surface area contributed by atoms with Crippen LogP contribution in [0.4, 0.5) is 5.95 Å². The van der Waals surface area contributed by atoms with Gasteiger partial charge in [0.2, 0.25) is 11.5 Å². The maximum absolute atomic E-state index is 12.3. The Bertz CT molecular complexity index is 1120. The Morgan fingerprint density at radius 2 is 2.03 bits per heavy atom. The lowest BCUT2D eigenvalue weighted by molar-refractivity contribution is -0.144. The summed E-state index contributed by atoms with van der Waals surface area (Å²) in [7, 11) is 1.65. The molecule has 0 saturated carbocycles. The molecular formula is C21H22N6O3S. The van der Waals surface area contributed by atoms with Crippen LogP contribution < -0.4 is 5.32 Å². The largest absolute Gasteiger partial charge is 0.373 e. The molecular weight excluding hydrogens is 416 g/mol. The average molecular weight is 439 g/mol. The molecule has 31 heavy (non-hydrogen) atoms. The number of pyridine rings is 1. The summed E-state index contributed by atoms with van der Waals surface area (Å²) in [6, 6.07) is 9.30. The summed E-state index contributed by atoms with van der Waals surface area (Å²) in [5, 5.41) is 18.2. The van der Waals surface area contributed by atoms with E-state index in [2.05, 4.69) is 25.4 Å². The van der Waals surface area contributed by atoms with Gasteiger partial charge in [-0.3, -0.25) is 4.79 Å². The maximum Gasteiger partial charge on any atom is 0.262 e. The van der Waals surface area contributed by atoms with Gasteiger partial charge in [0.15, 0.2) is 5.76 Å². The fourth-order valence-corrected chi connectivity index (χ4v) is 4.95. The van der Waals surface area contributed by atoms with Crippen LogP contribution in [0, 0.1) is 0 Å². The van der Waals surface area contributed by atoms with E-state index in [4.69, 9.17) is 4.52 Å². The molecule has 9 nitrogen and oxygen atoms in total. The van der Waals surface area contributed by atoms with Crippen LogP contribution in [0.1, 0.15) is 18.6 Å². The Morgan fingerprint density at radius 1 is 1.23 bits per heavy atom. The van der Waals surface area contributed by atoms with Gasteiger partial charge in [-0.15, -0.1) is 0 Å². The van der Waals surface area contributed by atoms with E-state index in [9.17, 15) is 9.90 Å². The van der Waals surface area contributed by atoms with Crippen LogP contribution in [0.2, 0.25) is 0 Å². The summed E-state index contributed by atoms with van der Waals surface area (Å²) in [6.07, 6.45) is 3.08. The molecule has 5 rings (SSSR count). The van der Waals surface area contributed by atoms with Crippen molar-refractivity contribution in [3.8, 4) is 22.8 Å². The molecule has 0 radical (unpaired) electrons. The molecule has 5 heterocycles. The van der Waals surface area contributed by atoms with Gasteiger partial charge >= 0.3 is 0 Å². The molecule has 0 spiro atoms. The number of nitrogens with zero attached hydrogens (tertiary/aromatic N) is 5. The molecule has 3 aromatic rings. The number of aliphatic hydroxyl groups is 1. The number of aromatic nitrogens is 4. The van der Waals surface area contributed by atoms with Gasteiger partial charge in [-0.25, -0.2) is 15.0 Å². The lowest BCUT2D eigenvalue weighted by Gasteiger charge is -2.16. The minimum absolute atomic E-state index is 0.131. The highest BCUT2D eigenvalue weighted by Gasteiger charge is 2.48. The standard InChI is InChI=1S/C21H22N6O3S/c1-27-9-7-21(29,19(27)28)18-11-17(26-30-18)15-4-2-3-14(24-15)16-5-8-22-20(25-16)23-13-6-10-31-12-13/h2-5,8,11,13,29H,6-7,9-10,12H2,1H3,(H,22,23,25). The molecule has 0 aliphatic carbocycles. The van der Waals surface area contributed by atoms with Crippen LogP contribution >= 0.6 is 11.8 Å². The van der Waals surface area contributed by atoms with Crippen LogP contribution in [-0.4, -0.2) is 67.2 Å². The molecule has 2 saturated heterocycles. The Morgan fingerprint density at radius 3 is 2.77 bits per heavy atom. The van der Waals surface area contributed by atoms with Crippen molar-refractivity contribution < 1.29 is 14.4 Å². The first-order valence-electron chi connectivity index (χ1n) is 10.1. The lowest BCUT2D eigenvalue weighted by Crippen LogP contribution is -2.35.